The summed E-state index contributed by atoms with van der Waals surface area (Å²) < 4.78 is 51.7. The van der Waals surface area contributed by atoms with Gasteiger partial charge in [-0.25, -0.2) is 21.6 Å². The number of nitrogens with one attached hydrogen (secondary N) is 1. The van der Waals surface area contributed by atoms with E-state index in [-0.39, 0.29) is 23.9 Å². The molecule has 1 aliphatic heterocycles. The summed E-state index contributed by atoms with van der Waals surface area (Å²) in [5.74, 6) is -0.0691. The van der Waals surface area contributed by atoms with E-state index in [2.05, 4.69) is 11.3 Å². The molecule has 1 N–H and O–H groups in total. The Morgan fingerprint density at radius 1 is 1.39 bits per heavy atom. The molecule has 1 aliphatic rings. The van der Waals surface area contributed by atoms with E-state index in [0.717, 1.165) is 11.0 Å². The third kappa shape index (κ3) is 4.33. The van der Waals surface area contributed by atoms with Crippen molar-refractivity contribution in [2.75, 3.05) is 19.6 Å². The highest BCUT2D eigenvalue weighted by molar-refractivity contribution is 7.92. The average Bonchev–Trinajstić information content (AvgIpc) is 2.98. The Kier molecular flexibility index (Phi) is 5.52. The summed E-state index contributed by atoms with van der Waals surface area (Å²) in [7, 11) is -7.11. The van der Waals surface area contributed by atoms with Crippen LogP contribution in [0, 0.1) is 12.8 Å². The Labute approximate surface area is 142 Å². The Bertz CT molecular complexity index is 806. The van der Waals surface area contributed by atoms with E-state index in [4.69, 9.17) is 11.6 Å². The molecular weight excluding hydrogens is 360 g/mol. The third-order valence-electron chi connectivity index (χ3n) is 3.82. The molecule has 0 aromatic heterocycles. The number of benzene rings is 1. The van der Waals surface area contributed by atoms with Crippen LogP contribution in [-0.4, -0.2) is 40.8 Å². The molecule has 1 fully saturated rings. The maximum Gasteiger partial charge on any atom is 0.243 e. The van der Waals surface area contributed by atoms with Gasteiger partial charge in [0.1, 0.15) is 0 Å². The normalized spacial score (nSPS) is 19.8. The molecule has 128 valence electrons. The summed E-state index contributed by atoms with van der Waals surface area (Å²) in [6.07, 6.45) is 0.596. The second-order valence-electron chi connectivity index (χ2n) is 5.49. The molecule has 6 nitrogen and oxygen atoms in total. The smallest absolute Gasteiger partial charge is 0.211 e. The quantitative estimate of drug-likeness (QED) is 0.816. The van der Waals surface area contributed by atoms with Crippen molar-refractivity contribution in [3.05, 3.63) is 40.8 Å². The third-order valence-corrected chi connectivity index (χ3v) is 7.10. The van der Waals surface area contributed by atoms with E-state index in [1.54, 1.807) is 13.0 Å². The molecule has 1 aromatic rings. The first-order valence-corrected chi connectivity index (χ1v) is 10.4. The number of rotatable bonds is 6. The number of aryl methyl sites for hydroxylation is 1. The van der Waals surface area contributed by atoms with Crippen LogP contribution in [0.1, 0.15) is 12.0 Å². The minimum Gasteiger partial charge on any atom is -0.211 e. The molecule has 0 bridgehead atoms. The van der Waals surface area contributed by atoms with Gasteiger partial charge in [0.25, 0.3) is 0 Å². The van der Waals surface area contributed by atoms with Gasteiger partial charge in [0, 0.05) is 30.1 Å². The first-order valence-electron chi connectivity index (χ1n) is 7.04. The topological polar surface area (TPSA) is 83.6 Å². The second kappa shape index (κ2) is 6.90. The molecule has 1 aromatic carbocycles. The lowest BCUT2D eigenvalue weighted by molar-refractivity contribution is 0.455. The van der Waals surface area contributed by atoms with Crippen molar-refractivity contribution < 1.29 is 16.8 Å². The Morgan fingerprint density at radius 2 is 2.09 bits per heavy atom. The van der Waals surface area contributed by atoms with Crippen molar-refractivity contribution in [1.29, 1.82) is 0 Å². The SMILES string of the molecule is C=CS(=O)(=O)NC[C@H]1CCN(S(=O)(=O)c2ccc(C)c(Cl)c2)C1. The van der Waals surface area contributed by atoms with Crippen molar-refractivity contribution in [2.45, 2.75) is 18.2 Å². The first-order chi connectivity index (χ1) is 10.7. The maximum absolute atomic E-state index is 12.6. The van der Waals surface area contributed by atoms with Gasteiger partial charge in [-0.2, -0.15) is 4.31 Å². The van der Waals surface area contributed by atoms with Gasteiger partial charge in [-0.05, 0) is 37.0 Å². The number of hydrogen-bond acceptors (Lipinski definition) is 4. The van der Waals surface area contributed by atoms with Crippen LogP contribution in [0.25, 0.3) is 0 Å². The molecular formula is C14H19ClN2O4S2. The number of hydrogen-bond donors (Lipinski definition) is 1. The first kappa shape index (κ1) is 18.4. The summed E-state index contributed by atoms with van der Waals surface area (Å²) >= 11 is 6.00. The van der Waals surface area contributed by atoms with Crippen LogP contribution in [0.5, 0.6) is 0 Å². The van der Waals surface area contributed by atoms with Crippen LogP contribution in [0.3, 0.4) is 0 Å². The average molecular weight is 379 g/mol. The monoisotopic (exact) mass is 378 g/mol. The summed E-state index contributed by atoms with van der Waals surface area (Å²) in [6, 6.07) is 4.64. The molecule has 23 heavy (non-hydrogen) atoms. The maximum atomic E-state index is 12.6. The van der Waals surface area contributed by atoms with E-state index >= 15 is 0 Å². The molecule has 0 saturated carbocycles. The van der Waals surface area contributed by atoms with Gasteiger partial charge in [0.05, 0.1) is 4.90 Å². The molecule has 2 rings (SSSR count). The highest BCUT2D eigenvalue weighted by atomic mass is 35.5. The minimum absolute atomic E-state index is 0.0691. The standard InChI is InChI=1S/C14H19ClN2O4S2/c1-3-22(18,19)16-9-12-6-7-17(10-12)23(20,21)13-5-4-11(2)14(15)8-13/h3-5,8,12,16H,1,6-7,9-10H2,2H3/t12-/m1/s1. The van der Waals surface area contributed by atoms with E-state index in [1.165, 1.54) is 16.4 Å². The van der Waals surface area contributed by atoms with Gasteiger partial charge in [-0.3, -0.25) is 0 Å². The second-order valence-corrected chi connectivity index (χ2v) is 9.55. The summed E-state index contributed by atoms with van der Waals surface area (Å²) in [5, 5.41) is 1.24. The van der Waals surface area contributed by atoms with Crippen LogP contribution in [-0.2, 0) is 20.0 Å². The lowest BCUT2D eigenvalue weighted by Gasteiger charge is -2.17. The molecule has 0 aliphatic carbocycles. The van der Waals surface area contributed by atoms with E-state index in [1.807, 2.05) is 0 Å². The fraction of sp³-hybridized carbons (Fsp3) is 0.429. The molecule has 1 saturated heterocycles. The predicted octanol–water partition coefficient (Wildman–Crippen LogP) is 1.72. The lowest BCUT2D eigenvalue weighted by Crippen LogP contribution is -2.32. The van der Waals surface area contributed by atoms with Crippen molar-refractivity contribution in [3.63, 3.8) is 0 Å². The summed E-state index contributed by atoms with van der Waals surface area (Å²) in [4.78, 5) is 0.153. The van der Waals surface area contributed by atoms with Gasteiger partial charge in [-0.15, -0.1) is 0 Å². The Morgan fingerprint density at radius 3 is 2.70 bits per heavy atom. The van der Waals surface area contributed by atoms with Crippen molar-refractivity contribution in [1.82, 2.24) is 9.03 Å². The summed E-state index contributed by atoms with van der Waals surface area (Å²) in [5.41, 5.74) is 0.809. The molecule has 1 heterocycles. The summed E-state index contributed by atoms with van der Waals surface area (Å²) in [6.45, 7) is 5.84. The molecule has 9 heteroatoms. The number of nitrogens with zero attached hydrogens (tertiary/aromatic N) is 1. The zero-order chi connectivity index (χ0) is 17.3. The van der Waals surface area contributed by atoms with Crippen molar-refractivity contribution in [2.24, 2.45) is 5.92 Å². The molecule has 0 spiro atoms. The lowest BCUT2D eigenvalue weighted by atomic mass is 10.1. The largest absolute Gasteiger partial charge is 0.243 e. The van der Waals surface area contributed by atoms with Crippen LogP contribution < -0.4 is 4.72 Å². The van der Waals surface area contributed by atoms with Crippen LogP contribution >= 0.6 is 11.6 Å². The fourth-order valence-electron chi connectivity index (χ4n) is 2.36. The minimum atomic E-state index is -3.62. The van der Waals surface area contributed by atoms with E-state index in [9.17, 15) is 16.8 Å². The molecule has 0 radical (unpaired) electrons. The van der Waals surface area contributed by atoms with Crippen LogP contribution in [0.4, 0.5) is 0 Å². The van der Waals surface area contributed by atoms with Crippen LogP contribution in [0.15, 0.2) is 35.1 Å². The number of sulfonamides is 2. The van der Waals surface area contributed by atoms with Crippen LogP contribution in [0.2, 0.25) is 5.02 Å². The van der Waals surface area contributed by atoms with Crippen molar-refractivity contribution in [3.8, 4) is 0 Å². The van der Waals surface area contributed by atoms with Gasteiger partial charge in [0.2, 0.25) is 20.0 Å². The van der Waals surface area contributed by atoms with Gasteiger partial charge >= 0.3 is 0 Å². The Balaban J connectivity index is 2.08. The highest BCUT2D eigenvalue weighted by Gasteiger charge is 2.33. The predicted molar refractivity (Wildman–Crippen MR) is 90.2 cm³/mol. The van der Waals surface area contributed by atoms with Gasteiger partial charge in [0.15, 0.2) is 0 Å². The van der Waals surface area contributed by atoms with Crippen molar-refractivity contribution >= 4 is 31.6 Å². The fourth-order valence-corrected chi connectivity index (χ4v) is 4.75. The van der Waals surface area contributed by atoms with E-state index in [0.29, 0.717) is 18.0 Å². The molecule has 0 unspecified atom stereocenters. The Hall–Kier alpha value is -0.930. The highest BCUT2D eigenvalue weighted by Crippen LogP contribution is 2.27. The molecule has 0 amide bonds. The van der Waals surface area contributed by atoms with Gasteiger partial charge in [-0.1, -0.05) is 24.2 Å². The molecule has 1 atom stereocenters. The van der Waals surface area contributed by atoms with Gasteiger partial charge < -0.3 is 0 Å². The zero-order valence-corrected chi connectivity index (χ0v) is 15.1. The zero-order valence-electron chi connectivity index (χ0n) is 12.7. The number of halogens is 1. The van der Waals surface area contributed by atoms with E-state index < -0.39 is 20.0 Å².